The van der Waals surface area contributed by atoms with Crippen LogP contribution in [0.25, 0.3) is 0 Å². The SMILES string of the molecule is NCC1(CCc2ccccc2)CC1. The topological polar surface area (TPSA) is 26.0 Å². The number of hydrogen-bond donors (Lipinski definition) is 1. The van der Waals surface area contributed by atoms with Crippen LogP contribution in [0.1, 0.15) is 24.8 Å². The summed E-state index contributed by atoms with van der Waals surface area (Å²) in [6.45, 7) is 0.875. The zero-order valence-corrected chi connectivity index (χ0v) is 8.00. The van der Waals surface area contributed by atoms with E-state index in [4.69, 9.17) is 5.73 Å². The Labute approximate surface area is 80.0 Å². The molecule has 1 saturated carbocycles. The van der Waals surface area contributed by atoms with Crippen molar-refractivity contribution in [3.05, 3.63) is 35.9 Å². The minimum Gasteiger partial charge on any atom is -0.330 e. The Bertz CT molecular complexity index is 262. The Balaban J connectivity index is 1.86. The molecule has 1 aromatic rings. The molecule has 0 unspecified atom stereocenters. The number of aryl methyl sites for hydroxylation is 1. The Morgan fingerprint density at radius 1 is 1.15 bits per heavy atom. The van der Waals surface area contributed by atoms with Crippen molar-refractivity contribution in [3.8, 4) is 0 Å². The molecule has 0 radical (unpaired) electrons. The van der Waals surface area contributed by atoms with Gasteiger partial charge >= 0.3 is 0 Å². The molecule has 1 nitrogen and oxygen atoms in total. The van der Waals surface area contributed by atoms with E-state index in [1.54, 1.807) is 0 Å². The van der Waals surface area contributed by atoms with E-state index in [0.29, 0.717) is 5.41 Å². The van der Waals surface area contributed by atoms with Crippen LogP contribution in [-0.2, 0) is 6.42 Å². The van der Waals surface area contributed by atoms with Crippen LogP contribution in [0.15, 0.2) is 30.3 Å². The molecule has 1 heteroatoms. The molecular formula is C12H17N. The molecule has 1 aliphatic carbocycles. The molecule has 1 aromatic carbocycles. The van der Waals surface area contributed by atoms with Gasteiger partial charge in [0.15, 0.2) is 0 Å². The summed E-state index contributed by atoms with van der Waals surface area (Å²) >= 11 is 0. The standard InChI is InChI=1S/C12H17N/c13-10-12(8-9-12)7-6-11-4-2-1-3-5-11/h1-5H,6-10,13H2. The number of benzene rings is 1. The highest BCUT2D eigenvalue weighted by Crippen LogP contribution is 2.48. The summed E-state index contributed by atoms with van der Waals surface area (Å²) in [5, 5.41) is 0. The first-order valence-electron chi connectivity index (χ1n) is 5.09. The lowest BCUT2D eigenvalue weighted by Gasteiger charge is -2.11. The van der Waals surface area contributed by atoms with Crippen molar-refractivity contribution in [1.82, 2.24) is 0 Å². The van der Waals surface area contributed by atoms with E-state index in [0.717, 1.165) is 6.54 Å². The van der Waals surface area contributed by atoms with Crippen LogP contribution in [-0.4, -0.2) is 6.54 Å². The first-order chi connectivity index (χ1) is 6.35. The molecule has 0 amide bonds. The third kappa shape index (κ3) is 2.10. The predicted molar refractivity (Wildman–Crippen MR) is 55.5 cm³/mol. The van der Waals surface area contributed by atoms with E-state index in [1.165, 1.54) is 31.2 Å². The summed E-state index contributed by atoms with van der Waals surface area (Å²) in [7, 11) is 0. The Morgan fingerprint density at radius 3 is 2.38 bits per heavy atom. The highest BCUT2D eigenvalue weighted by Gasteiger charge is 2.40. The zero-order valence-electron chi connectivity index (χ0n) is 8.00. The predicted octanol–water partition coefficient (Wildman–Crippen LogP) is 2.36. The fourth-order valence-electron chi connectivity index (χ4n) is 1.79. The highest BCUT2D eigenvalue weighted by molar-refractivity contribution is 5.15. The van der Waals surface area contributed by atoms with Gasteiger partial charge in [-0.3, -0.25) is 0 Å². The summed E-state index contributed by atoms with van der Waals surface area (Å²) in [5.74, 6) is 0. The van der Waals surface area contributed by atoms with Crippen molar-refractivity contribution < 1.29 is 0 Å². The molecule has 2 N–H and O–H groups in total. The van der Waals surface area contributed by atoms with Gasteiger partial charge in [0, 0.05) is 0 Å². The lowest BCUT2D eigenvalue weighted by atomic mass is 9.97. The fourth-order valence-corrected chi connectivity index (χ4v) is 1.79. The van der Waals surface area contributed by atoms with E-state index in [1.807, 2.05) is 0 Å². The van der Waals surface area contributed by atoms with Gasteiger partial charge in [-0.15, -0.1) is 0 Å². The third-order valence-electron chi connectivity index (χ3n) is 3.18. The zero-order chi connectivity index (χ0) is 9.15. The van der Waals surface area contributed by atoms with Crippen molar-refractivity contribution in [2.45, 2.75) is 25.7 Å². The molecule has 70 valence electrons. The lowest BCUT2D eigenvalue weighted by Crippen LogP contribution is -2.15. The monoisotopic (exact) mass is 175 g/mol. The van der Waals surface area contributed by atoms with Crippen LogP contribution in [0.5, 0.6) is 0 Å². The van der Waals surface area contributed by atoms with E-state index in [9.17, 15) is 0 Å². The van der Waals surface area contributed by atoms with Crippen molar-refractivity contribution in [2.24, 2.45) is 11.1 Å². The van der Waals surface area contributed by atoms with Crippen LogP contribution >= 0.6 is 0 Å². The van der Waals surface area contributed by atoms with E-state index in [2.05, 4.69) is 30.3 Å². The molecule has 0 heterocycles. The van der Waals surface area contributed by atoms with Gasteiger partial charge in [0.2, 0.25) is 0 Å². The van der Waals surface area contributed by atoms with Crippen LogP contribution in [0.2, 0.25) is 0 Å². The average molecular weight is 175 g/mol. The summed E-state index contributed by atoms with van der Waals surface area (Å²) in [6.07, 6.45) is 5.15. The van der Waals surface area contributed by atoms with Crippen LogP contribution in [0.4, 0.5) is 0 Å². The number of hydrogen-bond acceptors (Lipinski definition) is 1. The van der Waals surface area contributed by atoms with Gasteiger partial charge in [0.25, 0.3) is 0 Å². The maximum Gasteiger partial charge on any atom is -0.00204 e. The summed E-state index contributed by atoms with van der Waals surface area (Å²) < 4.78 is 0. The van der Waals surface area contributed by atoms with Gasteiger partial charge in [0.05, 0.1) is 0 Å². The van der Waals surface area contributed by atoms with E-state index in [-0.39, 0.29) is 0 Å². The Morgan fingerprint density at radius 2 is 1.85 bits per heavy atom. The van der Waals surface area contributed by atoms with Gasteiger partial charge < -0.3 is 5.73 Å². The summed E-state index contributed by atoms with van der Waals surface area (Å²) in [5.41, 5.74) is 7.70. The molecule has 0 bridgehead atoms. The maximum atomic E-state index is 5.73. The van der Waals surface area contributed by atoms with Crippen molar-refractivity contribution >= 4 is 0 Å². The third-order valence-corrected chi connectivity index (χ3v) is 3.18. The van der Waals surface area contributed by atoms with Crippen molar-refractivity contribution in [3.63, 3.8) is 0 Å². The summed E-state index contributed by atoms with van der Waals surface area (Å²) in [6, 6.07) is 10.7. The van der Waals surface area contributed by atoms with Gasteiger partial charge in [-0.05, 0) is 43.2 Å². The second-order valence-electron chi connectivity index (χ2n) is 4.19. The second-order valence-corrected chi connectivity index (χ2v) is 4.19. The maximum absolute atomic E-state index is 5.73. The highest BCUT2D eigenvalue weighted by atomic mass is 14.6. The molecule has 0 saturated heterocycles. The van der Waals surface area contributed by atoms with Crippen molar-refractivity contribution in [2.75, 3.05) is 6.54 Å². The van der Waals surface area contributed by atoms with E-state index < -0.39 is 0 Å². The summed E-state index contributed by atoms with van der Waals surface area (Å²) in [4.78, 5) is 0. The van der Waals surface area contributed by atoms with Crippen LogP contribution in [0, 0.1) is 5.41 Å². The van der Waals surface area contributed by atoms with Crippen LogP contribution < -0.4 is 5.73 Å². The largest absolute Gasteiger partial charge is 0.330 e. The number of nitrogens with two attached hydrogens (primary N) is 1. The quantitative estimate of drug-likeness (QED) is 0.747. The first-order valence-corrected chi connectivity index (χ1v) is 5.09. The minimum absolute atomic E-state index is 0.524. The van der Waals surface area contributed by atoms with Crippen molar-refractivity contribution in [1.29, 1.82) is 0 Å². The van der Waals surface area contributed by atoms with Crippen LogP contribution in [0.3, 0.4) is 0 Å². The average Bonchev–Trinajstić information content (AvgIpc) is 2.97. The molecule has 1 aliphatic rings. The molecule has 0 spiro atoms. The first kappa shape index (κ1) is 8.76. The Hall–Kier alpha value is -0.820. The fraction of sp³-hybridized carbons (Fsp3) is 0.500. The minimum atomic E-state index is 0.524. The van der Waals surface area contributed by atoms with Gasteiger partial charge in [0.1, 0.15) is 0 Å². The van der Waals surface area contributed by atoms with Gasteiger partial charge in [-0.1, -0.05) is 30.3 Å². The molecule has 1 fully saturated rings. The second kappa shape index (κ2) is 3.51. The molecular weight excluding hydrogens is 158 g/mol. The smallest absolute Gasteiger partial charge is 0.00204 e. The normalized spacial score (nSPS) is 18.5. The van der Waals surface area contributed by atoms with Gasteiger partial charge in [-0.2, -0.15) is 0 Å². The number of rotatable bonds is 4. The van der Waals surface area contributed by atoms with E-state index >= 15 is 0 Å². The molecule has 13 heavy (non-hydrogen) atoms. The molecule has 0 atom stereocenters. The van der Waals surface area contributed by atoms with Gasteiger partial charge in [-0.25, -0.2) is 0 Å². The lowest BCUT2D eigenvalue weighted by molar-refractivity contribution is 0.479. The molecule has 0 aliphatic heterocycles. The molecule has 2 rings (SSSR count). The Kier molecular flexibility index (Phi) is 2.36. The molecule has 0 aromatic heterocycles.